The first-order valence-corrected chi connectivity index (χ1v) is 6.32. The Morgan fingerprint density at radius 3 is 1.55 bits per heavy atom. The molecule has 0 atom stereocenters. The average molecular weight is 265 g/mol. The first kappa shape index (κ1) is 16.7. The van der Waals surface area contributed by atoms with Crippen LogP contribution in [0.4, 0.5) is 0 Å². The third-order valence-corrected chi connectivity index (χ3v) is 2.54. The summed E-state index contributed by atoms with van der Waals surface area (Å²) in [5, 5.41) is 0. The first-order chi connectivity index (χ1) is 9.24. The fraction of sp³-hybridized carbons (Fsp3) is 0.250. The number of likely N-dealkylation sites (N-methyl/N-ethyl adjacent to an activating group) is 1. The predicted molar refractivity (Wildman–Crippen MR) is 83.6 cm³/mol. The zero-order valence-electron chi connectivity index (χ0n) is 11.3. The number of nitrogens with zero attached hydrogens (tertiary/aromatic N) is 1. The van der Waals surface area contributed by atoms with E-state index in [-0.39, 0.29) is 25.2 Å². The van der Waals surface area contributed by atoms with Crippen molar-refractivity contribution in [2.45, 2.75) is 6.29 Å². The van der Waals surface area contributed by atoms with E-state index in [1.54, 1.807) is 0 Å². The van der Waals surface area contributed by atoms with Crippen molar-refractivity contribution in [2.24, 2.45) is 0 Å². The van der Waals surface area contributed by atoms with E-state index in [2.05, 4.69) is 0 Å². The molecule has 0 unspecified atom stereocenters. The average Bonchev–Trinajstić information content (AvgIpc) is 2.40. The molecule has 0 aliphatic heterocycles. The number of benzene rings is 2. The Labute approximate surface area is 132 Å². The summed E-state index contributed by atoms with van der Waals surface area (Å²) in [6.07, 6.45) is -0.334. The molecule has 0 aliphatic carbocycles. The Morgan fingerprint density at radius 2 is 1.20 bits per heavy atom. The van der Waals surface area contributed by atoms with Crippen molar-refractivity contribution in [3.05, 3.63) is 60.7 Å². The molecule has 2 rings (SSSR count). The van der Waals surface area contributed by atoms with E-state index < -0.39 is 0 Å². The van der Waals surface area contributed by atoms with E-state index in [1.165, 1.54) is 0 Å². The molecule has 3 nitrogen and oxygen atoms in total. The van der Waals surface area contributed by atoms with Crippen molar-refractivity contribution in [3.8, 4) is 11.5 Å². The van der Waals surface area contributed by atoms with Crippen LogP contribution in [0.25, 0.3) is 0 Å². The molecule has 0 bridgehead atoms. The summed E-state index contributed by atoms with van der Waals surface area (Å²) in [5.74, 6) is 1.62. The Morgan fingerprint density at radius 1 is 0.800 bits per heavy atom. The molecule has 0 saturated carbocycles. The molecule has 0 radical (unpaired) electrons. The van der Waals surface area contributed by atoms with Gasteiger partial charge in [0.05, 0.1) is 6.54 Å². The van der Waals surface area contributed by atoms with Crippen molar-refractivity contribution < 1.29 is 9.47 Å². The molecular formula is C16H20LiNO2. The Balaban J connectivity index is 0.00000200. The summed E-state index contributed by atoms with van der Waals surface area (Å²) in [7, 11) is 3.99. The van der Waals surface area contributed by atoms with E-state index >= 15 is 0 Å². The van der Waals surface area contributed by atoms with Gasteiger partial charge in [-0.3, -0.25) is 0 Å². The van der Waals surface area contributed by atoms with Gasteiger partial charge in [-0.2, -0.15) is 0 Å². The zero-order valence-corrected chi connectivity index (χ0v) is 11.3. The van der Waals surface area contributed by atoms with E-state index in [4.69, 9.17) is 9.47 Å². The second-order valence-corrected chi connectivity index (χ2v) is 4.55. The van der Waals surface area contributed by atoms with Crippen molar-refractivity contribution in [1.82, 2.24) is 4.90 Å². The molecule has 0 spiro atoms. The molecule has 0 saturated heterocycles. The summed E-state index contributed by atoms with van der Waals surface area (Å²) < 4.78 is 11.7. The Bertz CT molecular complexity index is 435. The normalized spacial score (nSPS) is 10.2. The molecule has 0 N–H and O–H groups in total. The van der Waals surface area contributed by atoms with Crippen LogP contribution in [0.5, 0.6) is 11.5 Å². The van der Waals surface area contributed by atoms with Gasteiger partial charge in [0.25, 0.3) is 6.29 Å². The third-order valence-electron chi connectivity index (χ3n) is 2.54. The van der Waals surface area contributed by atoms with Crippen LogP contribution in [-0.4, -0.2) is 50.7 Å². The van der Waals surface area contributed by atoms with E-state index in [9.17, 15) is 0 Å². The van der Waals surface area contributed by atoms with Crippen LogP contribution in [-0.2, 0) is 0 Å². The van der Waals surface area contributed by atoms with Crippen molar-refractivity contribution in [3.63, 3.8) is 0 Å². The van der Waals surface area contributed by atoms with Crippen LogP contribution < -0.4 is 9.47 Å². The fourth-order valence-electron chi connectivity index (χ4n) is 1.70. The quantitative estimate of drug-likeness (QED) is 0.591. The van der Waals surface area contributed by atoms with Crippen molar-refractivity contribution >= 4 is 18.9 Å². The van der Waals surface area contributed by atoms with Gasteiger partial charge in [0.2, 0.25) is 0 Å². The van der Waals surface area contributed by atoms with Gasteiger partial charge >= 0.3 is 18.9 Å². The molecule has 0 fully saturated rings. The molecule has 102 valence electrons. The van der Waals surface area contributed by atoms with Gasteiger partial charge < -0.3 is 14.4 Å². The molecule has 2 aromatic rings. The van der Waals surface area contributed by atoms with Gasteiger partial charge in [0.15, 0.2) is 0 Å². The number of para-hydroxylation sites is 2. The van der Waals surface area contributed by atoms with Crippen LogP contribution in [0.2, 0.25) is 0 Å². The maximum atomic E-state index is 5.87. The summed E-state index contributed by atoms with van der Waals surface area (Å²) >= 11 is 0. The molecular weight excluding hydrogens is 245 g/mol. The van der Waals surface area contributed by atoms with Crippen LogP contribution in [0.15, 0.2) is 60.7 Å². The van der Waals surface area contributed by atoms with Gasteiger partial charge in [0.1, 0.15) is 11.5 Å². The molecule has 4 heteroatoms. The summed E-state index contributed by atoms with van der Waals surface area (Å²) in [5.41, 5.74) is 0. The van der Waals surface area contributed by atoms with Gasteiger partial charge in [-0.15, -0.1) is 0 Å². The van der Waals surface area contributed by atoms with Crippen LogP contribution in [0, 0.1) is 0 Å². The number of hydrogen-bond acceptors (Lipinski definition) is 3. The molecule has 0 aromatic heterocycles. The van der Waals surface area contributed by atoms with E-state index in [0.29, 0.717) is 6.54 Å². The van der Waals surface area contributed by atoms with Gasteiger partial charge in [-0.25, -0.2) is 0 Å². The summed E-state index contributed by atoms with van der Waals surface area (Å²) in [6.45, 7) is 0.684. The molecule has 0 amide bonds. The first-order valence-electron chi connectivity index (χ1n) is 6.32. The second kappa shape index (κ2) is 8.71. The molecule has 2 aromatic carbocycles. The van der Waals surface area contributed by atoms with Crippen molar-refractivity contribution in [2.75, 3.05) is 20.6 Å². The summed E-state index contributed by atoms with van der Waals surface area (Å²) in [6, 6.07) is 19.4. The van der Waals surface area contributed by atoms with Crippen LogP contribution in [0.1, 0.15) is 0 Å². The monoisotopic (exact) mass is 265 g/mol. The standard InChI is InChI=1S/C16H19NO2.Li.H/c1-17(2)13-16(18-14-9-5-3-6-10-14)19-15-11-7-4-8-12-15;;/h3-12,16H,13H2,1-2H3;;. The molecule has 0 aliphatic rings. The summed E-state index contributed by atoms with van der Waals surface area (Å²) in [4.78, 5) is 2.04. The SMILES string of the molecule is CN(C)CC(Oc1ccccc1)Oc1ccccc1.[LiH]. The van der Waals surface area contributed by atoms with Crippen LogP contribution in [0.3, 0.4) is 0 Å². The third kappa shape index (κ3) is 5.71. The minimum atomic E-state index is -0.334. The number of hydrogen-bond donors (Lipinski definition) is 0. The van der Waals surface area contributed by atoms with Crippen molar-refractivity contribution in [1.29, 1.82) is 0 Å². The second-order valence-electron chi connectivity index (χ2n) is 4.55. The number of ether oxygens (including phenoxy) is 2. The Hall–Kier alpha value is -1.40. The fourth-order valence-corrected chi connectivity index (χ4v) is 1.70. The topological polar surface area (TPSA) is 21.7 Å². The molecule has 0 heterocycles. The predicted octanol–water partition coefficient (Wildman–Crippen LogP) is 2.38. The van der Waals surface area contributed by atoms with Crippen LogP contribution >= 0.6 is 0 Å². The van der Waals surface area contributed by atoms with Gasteiger partial charge in [0, 0.05) is 0 Å². The van der Waals surface area contributed by atoms with Gasteiger partial charge in [-0.05, 0) is 38.4 Å². The zero-order chi connectivity index (χ0) is 13.5. The van der Waals surface area contributed by atoms with E-state index in [1.807, 2.05) is 79.7 Å². The maximum absolute atomic E-state index is 5.87. The van der Waals surface area contributed by atoms with E-state index in [0.717, 1.165) is 11.5 Å². The minimum absolute atomic E-state index is 0. The number of rotatable bonds is 6. The van der Waals surface area contributed by atoms with Gasteiger partial charge in [-0.1, -0.05) is 36.4 Å². The molecule has 20 heavy (non-hydrogen) atoms. The Kier molecular flexibility index (Phi) is 7.25.